The Balaban J connectivity index is 2.17. The van der Waals surface area contributed by atoms with Gasteiger partial charge in [0.25, 0.3) is 5.91 Å². The molecule has 0 unspecified atom stereocenters. The summed E-state index contributed by atoms with van der Waals surface area (Å²) in [4.78, 5) is 13.9. The first-order valence-corrected chi connectivity index (χ1v) is 5.83. The summed E-state index contributed by atoms with van der Waals surface area (Å²) in [5.41, 5.74) is 4.22. The van der Waals surface area contributed by atoms with E-state index >= 15 is 0 Å². The number of benzene rings is 1. The van der Waals surface area contributed by atoms with Gasteiger partial charge in [0.15, 0.2) is 0 Å². The standard InChI is InChI=1S/C14H18N2O/c1-10-4-6-13(7-5-10)16(3)14(17)11(2)12-8-15-9-12/h4-7,15H,8-9H2,1-3H3. The quantitative estimate of drug-likeness (QED) is 0.787. The fourth-order valence-electron chi connectivity index (χ4n) is 1.80. The molecule has 1 fully saturated rings. The molecule has 17 heavy (non-hydrogen) atoms. The second-order valence-electron chi connectivity index (χ2n) is 4.53. The highest BCUT2D eigenvalue weighted by Crippen LogP contribution is 2.18. The first-order chi connectivity index (χ1) is 8.09. The summed E-state index contributed by atoms with van der Waals surface area (Å²) in [6, 6.07) is 7.99. The van der Waals surface area contributed by atoms with Gasteiger partial charge in [-0.1, -0.05) is 17.7 Å². The van der Waals surface area contributed by atoms with Gasteiger partial charge in [0.1, 0.15) is 0 Å². The van der Waals surface area contributed by atoms with Crippen molar-refractivity contribution < 1.29 is 4.79 Å². The molecule has 1 saturated heterocycles. The third-order valence-corrected chi connectivity index (χ3v) is 3.25. The van der Waals surface area contributed by atoms with Crippen molar-refractivity contribution in [3.63, 3.8) is 0 Å². The molecular formula is C14H18N2O. The third kappa shape index (κ3) is 2.39. The average molecular weight is 230 g/mol. The Kier molecular flexibility index (Phi) is 3.29. The largest absolute Gasteiger partial charge is 0.312 e. The molecule has 0 saturated carbocycles. The minimum atomic E-state index is 0.0883. The summed E-state index contributed by atoms with van der Waals surface area (Å²) in [7, 11) is 1.82. The smallest absolute Gasteiger partial charge is 0.253 e. The lowest BCUT2D eigenvalue weighted by atomic mass is 10.0. The van der Waals surface area contributed by atoms with Gasteiger partial charge in [0.2, 0.25) is 0 Å². The molecule has 3 nitrogen and oxygen atoms in total. The van der Waals surface area contributed by atoms with E-state index in [2.05, 4.69) is 5.32 Å². The van der Waals surface area contributed by atoms with Crippen LogP contribution in [0.5, 0.6) is 0 Å². The van der Waals surface area contributed by atoms with Gasteiger partial charge in [-0.05, 0) is 31.6 Å². The van der Waals surface area contributed by atoms with Crippen molar-refractivity contribution in [1.29, 1.82) is 0 Å². The van der Waals surface area contributed by atoms with Crippen molar-refractivity contribution in [2.24, 2.45) is 0 Å². The second-order valence-corrected chi connectivity index (χ2v) is 4.53. The minimum absolute atomic E-state index is 0.0883. The van der Waals surface area contributed by atoms with Gasteiger partial charge in [-0.3, -0.25) is 4.79 Å². The van der Waals surface area contributed by atoms with Gasteiger partial charge < -0.3 is 10.2 Å². The Morgan fingerprint density at radius 2 is 1.82 bits per heavy atom. The molecule has 1 aromatic rings. The number of hydrogen-bond acceptors (Lipinski definition) is 2. The molecular weight excluding hydrogens is 212 g/mol. The molecule has 1 amide bonds. The molecule has 1 aromatic carbocycles. The summed E-state index contributed by atoms with van der Waals surface area (Å²) >= 11 is 0. The highest BCUT2D eigenvalue weighted by atomic mass is 16.2. The van der Waals surface area contributed by atoms with Gasteiger partial charge in [-0.2, -0.15) is 0 Å². The molecule has 2 rings (SSSR count). The van der Waals surface area contributed by atoms with Crippen LogP contribution < -0.4 is 10.2 Å². The number of hydrogen-bond donors (Lipinski definition) is 1. The predicted molar refractivity (Wildman–Crippen MR) is 70.2 cm³/mol. The maximum absolute atomic E-state index is 12.2. The Morgan fingerprint density at radius 3 is 2.29 bits per heavy atom. The van der Waals surface area contributed by atoms with Crippen LogP contribution >= 0.6 is 0 Å². The number of anilines is 1. The monoisotopic (exact) mass is 230 g/mol. The van der Waals surface area contributed by atoms with Crippen LogP contribution in [0.15, 0.2) is 35.4 Å². The fraction of sp³-hybridized carbons (Fsp3) is 0.357. The van der Waals surface area contributed by atoms with Gasteiger partial charge in [-0.25, -0.2) is 0 Å². The number of carbonyl (C=O) groups is 1. The Bertz CT molecular complexity index is 454. The van der Waals surface area contributed by atoms with E-state index in [1.165, 1.54) is 11.1 Å². The van der Waals surface area contributed by atoms with E-state index in [1.807, 2.05) is 45.2 Å². The molecule has 90 valence electrons. The number of carbonyl (C=O) groups excluding carboxylic acids is 1. The van der Waals surface area contributed by atoms with E-state index in [-0.39, 0.29) is 5.91 Å². The number of amides is 1. The van der Waals surface area contributed by atoms with Crippen molar-refractivity contribution >= 4 is 11.6 Å². The van der Waals surface area contributed by atoms with E-state index in [9.17, 15) is 4.79 Å². The first kappa shape index (κ1) is 11.9. The molecule has 1 N–H and O–H groups in total. The van der Waals surface area contributed by atoms with Crippen molar-refractivity contribution in [3.8, 4) is 0 Å². The van der Waals surface area contributed by atoms with Crippen molar-refractivity contribution in [2.45, 2.75) is 13.8 Å². The maximum Gasteiger partial charge on any atom is 0.253 e. The normalized spacial score (nSPS) is 14.2. The lowest BCUT2D eigenvalue weighted by Crippen LogP contribution is -2.38. The highest BCUT2D eigenvalue weighted by molar-refractivity contribution is 6.05. The van der Waals surface area contributed by atoms with Crippen LogP contribution in [0.1, 0.15) is 12.5 Å². The summed E-state index contributed by atoms with van der Waals surface area (Å²) in [6.45, 7) is 5.64. The molecule has 0 bridgehead atoms. The van der Waals surface area contributed by atoms with Crippen LogP contribution in [0, 0.1) is 6.92 Å². The molecule has 1 heterocycles. The summed E-state index contributed by atoms with van der Waals surface area (Å²) in [5, 5.41) is 3.15. The van der Waals surface area contributed by atoms with E-state index in [4.69, 9.17) is 0 Å². The highest BCUT2D eigenvalue weighted by Gasteiger charge is 2.19. The van der Waals surface area contributed by atoms with Crippen LogP contribution in [-0.4, -0.2) is 26.0 Å². The van der Waals surface area contributed by atoms with Crippen LogP contribution in [0.3, 0.4) is 0 Å². The number of nitrogens with one attached hydrogen (secondary N) is 1. The average Bonchev–Trinajstić information content (AvgIpc) is 2.25. The lowest BCUT2D eigenvalue weighted by molar-refractivity contribution is -0.114. The Labute approximate surface area is 102 Å². The molecule has 0 aromatic heterocycles. The molecule has 1 aliphatic rings. The van der Waals surface area contributed by atoms with Gasteiger partial charge in [-0.15, -0.1) is 0 Å². The van der Waals surface area contributed by atoms with Crippen molar-refractivity contribution in [3.05, 3.63) is 41.0 Å². The van der Waals surface area contributed by atoms with Gasteiger partial charge >= 0.3 is 0 Å². The molecule has 1 aliphatic heterocycles. The molecule has 0 radical (unpaired) electrons. The van der Waals surface area contributed by atoms with Crippen LogP contribution in [0.2, 0.25) is 0 Å². The molecule has 0 spiro atoms. The Morgan fingerprint density at radius 1 is 1.24 bits per heavy atom. The first-order valence-electron chi connectivity index (χ1n) is 5.83. The third-order valence-electron chi connectivity index (χ3n) is 3.25. The van der Waals surface area contributed by atoms with E-state index in [0.717, 1.165) is 24.4 Å². The number of rotatable bonds is 2. The van der Waals surface area contributed by atoms with Crippen LogP contribution in [-0.2, 0) is 4.79 Å². The van der Waals surface area contributed by atoms with Gasteiger partial charge in [0.05, 0.1) is 0 Å². The SMILES string of the molecule is CC(C(=O)N(C)c1ccc(C)cc1)=C1CNC1. The van der Waals surface area contributed by atoms with E-state index in [1.54, 1.807) is 4.90 Å². The fourth-order valence-corrected chi connectivity index (χ4v) is 1.80. The summed E-state index contributed by atoms with van der Waals surface area (Å²) in [6.07, 6.45) is 0. The predicted octanol–water partition coefficient (Wildman–Crippen LogP) is 1.88. The zero-order valence-electron chi connectivity index (χ0n) is 10.6. The van der Waals surface area contributed by atoms with Crippen LogP contribution in [0.25, 0.3) is 0 Å². The van der Waals surface area contributed by atoms with Crippen molar-refractivity contribution in [1.82, 2.24) is 5.32 Å². The zero-order valence-corrected chi connectivity index (χ0v) is 10.6. The molecule has 0 atom stereocenters. The zero-order chi connectivity index (χ0) is 12.4. The number of likely N-dealkylation sites (N-methyl/N-ethyl adjacent to an activating group) is 1. The molecule has 3 heteroatoms. The molecule has 0 aliphatic carbocycles. The number of nitrogens with zero attached hydrogens (tertiary/aromatic N) is 1. The summed E-state index contributed by atoms with van der Waals surface area (Å²) in [5.74, 6) is 0.0883. The van der Waals surface area contributed by atoms with Gasteiger partial charge in [0, 0.05) is 31.4 Å². The van der Waals surface area contributed by atoms with E-state index < -0.39 is 0 Å². The lowest BCUT2D eigenvalue weighted by Gasteiger charge is -2.24. The minimum Gasteiger partial charge on any atom is -0.312 e. The Hall–Kier alpha value is -1.61. The van der Waals surface area contributed by atoms with E-state index in [0.29, 0.717) is 0 Å². The maximum atomic E-state index is 12.2. The summed E-state index contributed by atoms with van der Waals surface area (Å²) < 4.78 is 0. The second kappa shape index (κ2) is 4.72. The topological polar surface area (TPSA) is 32.3 Å². The van der Waals surface area contributed by atoms with Crippen molar-refractivity contribution in [2.75, 3.05) is 25.0 Å². The number of aryl methyl sites for hydroxylation is 1. The van der Waals surface area contributed by atoms with Crippen LogP contribution in [0.4, 0.5) is 5.69 Å².